The minimum atomic E-state index is -2.32. The smallest absolute Gasteiger partial charge is 0.330 e. The molecule has 9 heteroatoms. The zero-order valence-electron chi connectivity index (χ0n) is 5.81. The molecule has 0 bridgehead atoms. The maximum Gasteiger partial charge on any atom is 0.512 e. The number of halogens is 2. The van der Waals surface area contributed by atoms with E-state index in [4.69, 9.17) is 5.73 Å². The molecule has 0 saturated carbocycles. The van der Waals surface area contributed by atoms with E-state index in [1.54, 1.807) is 0 Å². The van der Waals surface area contributed by atoms with Gasteiger partial charge in [0.2, 0.25) is 0 Å². The molecule has 0 aliphatic rings. The lowest BCUT2D eigenvalue weighted by Gasteiger charge is -2.07. The van der Waals surface area contributed by atoms with Gasteiger partial charge in [0, 0.05) is 6.54 Å². The van der Waals surface area contributed by atoms with Crippen molar-refractivity contribution in [3.63, 3.8) is 0 Å². The van der Waals surface area contributed by atoms with Crippen LogP contribution in [0.2, 0.25) is 0 Å². The van der Waals surface area contributed by atoms with E-state index in [9.17, 15) is 20.2 Å². The van der Waals surface area contributed by atoms with Crippen molar-refractivity contribution in [1.29, 1.82) is 0 Å². The van der Waals surface area contributed by atoms with Crippen LogP contribution in [-0.4, -0.2) is 21.0 Å². The van der Waals surface area contributed by atoms with Crippen LogP contribution < -0.4 is 5.73 Å². The van der Waals surface area contributed by atoms with Gasteiger partial charge >= 0.3 is 4.57 Å². The molecular weight excluding hydrogens is 302 g/mol. The molecule has 12 heavy (non-hydrogen) atoms. The Labute approximate surface area is 86.5 Å². The lowest BCUT2D eigenvalue weighted by molar-refractivity contribution is -0.758. The Kier molecular flexibility index (Phi) is 6.39. The molecule has 0 amide bonds. The van der Waals surface area contributed by atoms with Gasteiger partial charge in [-0.15, -0.1) is 17.0 Å². The summed E-state index contributed by atoms with van der Waals surface area (Å²) >= 11 is 2.40. The van der Waals surface area contributed by atoms with Gasteiger partial charge in [-0.25, -0.2) is 0 Å². The van der Waals surface area contributed by atoms with Crippen LogP contribution in [0.5, 0.6) is 0 Å². The average Bonchev–Trinajstić information content (AvgIpc) is 1.87. The Balaban J connectivity index is 0. The van der Waals surface area contributed by atoms with E-state index in [1.807, 2.05) is 0 Å². The Hall–Kier alpha value is -0.280. The van der Waals surface area contributed by atoms with Gasteiger partial charge in [-0.2, -0.15) is 0 Å². The third-order valence-electron chi connectivity index (χ3n) is 1.02. The summed E-state index contributed by atoms with van der Waals surface area (Å²) in [6, 6.07) is 0. The summed E-state index contributed by atoms with van der Waals surface area (Å²) in [5.74, 6) is 0. The van der Waals surface area contributed by atoms with Crippen LogP contribution in [0.1, 0.15) is 6.42 Å². The van der Waals surface area contributed by atoms with Crippen molar-refractivity contribution in [3.8, 4) is 0 Å². The van der Waals surface area contributed by atoms with Crippen molar-refractivity contribution in [2.24, 2.45) is 5.73 Å². The Bertz CT molecular complexity index is 172. The van der Waals surface area contributed by atoms with Crippen LogP contribution >= 0.6 is 32.9 Å². The molecule has 0 spiro atoms. The van der Waals surface area contributed by atoms with E-state index in [1.165, 1.54) is 0 Å². The Morgan fingerprint density at radius 2 is 1.67 bits per heavy atom. The van der Waals surface area contributed by atoms with Crippen molar-refractivity contribution in [2.45, 2.75) is 11.0 Å². The quantitative estimate of drug-likeness (QED) is 0.267. The van der Waals surface area contributed by atoms with Crippen molar-refractivity contribution >= 4 is 32.9 Å². The average molecular weight is 309 g/mol. The minimum absolute atomic E-state index is 0. The van der Waals surface area contributed by atoms with Gasteiger partial charge < -0.3 is 5.73 Å². The van der Waals surface area contributed by atoms with E-state index in [0.717, 1.165) is 0 Å². The van der Waals surface area contributed by atoms with Crippen molar-refractivity contribution < 1.29 is 9.85 Å². The van der Waals surface area contributed by atoms with Crippen LogP contribution in [-0.2, 0) is 0 Å². The minimum Gasteiger partial charge on any atom is -0.330 e. The summed E-state index contributed by atoms with van der Waals surface area (Å²) < 4.78 is -2.32. The van der Waals surface area contributed by atoms with Crippen LogP contribution in [0.15, 0.2) is 0 Å². The number of nitrogens with two attached hydrogens (primary N) is 1. The fourth-order valence-corrected chi connectivity index (χ4v) is 0.662. The fraction of sp³-hybridized carbons (Fsp3) is 1.00. The zero-order valence-corrected chi connectivity index (χ0v) is 9.10. The molecule has 0 aliphatic carbocycles. The van der Waals surface area contributed by atoms with Crippen molar-refractivity contribution in [1.82, 2.24) is 0 Å². The van der Waals surface area contributed by atoms with Gasteiger partial charge in [-0.3, -0.25) is 20.2 Å². The molecule has 0 rings (SSSR count). The van der Waals surface area contributed by atoms with Gasteiger partial charge in [0.25, 0.3) is 0 Å². The first kappa shape index (κ1) is 14.3. The van der Waals surface area contributed by atoms with Crippen molar-refractivity contribution in [3.05, 3.63) is 20.2 Å². The number of hydrogen-bond acceptors (Lipinski definition) is 5. The van der Waals surface area contributed by atoms with E-state index < -0.39 is 14.4 Å². The normalized spacial score (nSPS) is 10.2. The van der Waals surface area contributed by atoms with Crippen LogP contribution in [0.4, 0.5) is 0 Å². The summed E-state index contributed by atoms with van der Waals surface area (Å²) in [4.78, 5) is 18.2. The molecule has 0 saturated heterocycles. The maximum atomic E-state index is 10.1. The molecule has 0 atom stereocenters. The number of nitro groups is 2. The molecule has 0 aromatic rings. The van der Waals surface area contributed by atoms with E-state index >= 15 is 0 Å². The highest BCUT2D eigenvalue weighted by Crippen LogP contribution is 2.22. The second kappa shape index (κ2) is 5.38. The predicted molar refractivity (Wildman–Crippen MR) is 49.6 cm³/mol. The third kappa shape index (κ3) is 2.99. The van der Waals surface area contributed by atoms with Crippen molar-refractivity contribution in [2.75, 3.05) is 6.54 Å². The highest BCUT2D eigenvalue weighted by atomic mass is 79.9. The monoisotopic (exact) mass is 307 g/mol. The van der Waals surface area contributed by atoms with Gasteiger partial charge in [0.1, 0.15) is 16.3 Å². The topological polar surface area (TPSA) is 112 Å². The predicted octanol–water partition coefficient (Wildman–Crippen LogP) is 0.515. The molecule has 0 unspecified atom stereocenters. The second-order valence-corrected chi connectivity index (χ2v) is 3.04. The largest absolute Gasteiger partial charge is 0.512 e. The Morgan fingerprint density at radius 1 is 1.33 bits per heavy atom. The molecule has 0 radical (unpaired) electrons. The molecule has 0 fully saturated rings. The molecule has 0 aromatic heterocycles. The molecule has 7 nitrogen and oxygen atoms in total. The first-order valence-corrected chi connectivity index (χ1v) is 3.42. The van der Waals surface area contributed by atoms with E-state index in [-0.39, 0.29) is 29.9 Å². The molecule has 0 aromatic carbocycles. The number of alkyl halides is 1. The number of hydrogen-bond donors (Lipinski definition) is 1. The van der Waals surface area contributed by atoms with Gasteiger partial charge in [0.05, 0.1) is 15.9 Å². The van der Waals surface area contributed by atoms with Crippen LogP contribution in [0.3, 0.4) is 0 Å². The highest BCUT2D eigenvalue weighted by Gasteiger charge is 2.52. The second-order valence-electron chi connectivity index (χ2n) is 1.77. The van der Waals surface area contributed by atoms with Gasteiger partial charge in [-0.05, 0) is 0 Å². The Morgan fingerprint density at radius 3 is 1.75 bits per heavy atom. The SMILES string of the molecule is Br.NCCC(Br)([N+](=O)[O-])[N+](=O)[O-]. The standard InChI is InChI=1S/C3H6BrN3O4.BrH/c4-3(1-2-5,6(8)9)7(10)11;/h1-2,5H2;1H. The van der Waals surface area contributed by atoms with Crippen LogP contribution in [0, 0.1) is 20.2 Å². The first-order valence-electron chi connectivity index (χ1n) is 2.63. The molecule has 72 valence electrons. The fourth-order valence-electron chi connectivity index (χ4n) is 0.433. The third-order valence-corrected chi connectivity index (χ3v) is 2.00. The molecule has 0 aliphatic heterocycles. The maximum absolute atomic E-state index is 10.1. The summed E-state index contributed by atoms with van der Waals surface area (Å²) in [6.45, 7) is -0.118. The van der Waals surface area contributed by atoms with E-state index in [0.29, 0.717) is 0 Å². The highest BCUT2D eigenvalue weighted by molar-refractivity contribution is 9.09. The lowest BCUT2D eigenvalue weighted by Crippen LogP contribution is -2.41. The summed E-state index contributed by atoms with van der Waals surface area (Å²) in [5, 5.41) is 20.2. The number of nitrogens with zero attached hydrogens (tertiary/aromatic N) is 2. The molecule has 2 N–H and O–H groups in total. The molecular formula is C3H7Br2N3O4. The lowest BCUT2D eigenvalue weighted by atomic mass is 10.3. The first-order chi connectivity index (χ1) is 4.95. The molecule has 0 heterocycles. The van der Waals surface area contributed by atoms with E-state index in [2.05, 4.69) is 15.9 Å². The van der Waals surface area contributed by atoms with Gasteiger partial charge in [-0.1, -0.05) is 0 Å². The summed E-state index contributed by atoms with van der Waals surface area (Å²) in [7, 11) is 0. The van der Waals surface area contributed by atoms with Gasteiger partial charge in [0.15, 0.2) is 0 Å². The summed E-state index contributed by atoms with van der Waals surface area (Å²) in [5.41, 5.74) is 4.95. The summed E-state index contributed by atoms with van der Waals surface area (Å²) in [6.07, 6.45) is -0.340. The number of rotatable bonds is 4. The zero-order chi connectivity index (χ0) is 9.07. The van der Waals surface area contributed by atoms with Crippen LogP contribution in [0.25, 0.3) is 0 Å².